The zero-order valence-corrected chi connectivity index (χ0v) is 22.9. The Morgan fingerprint density at radius 1 is 1.05 bits per heavy atom. The number of anilines is 1. The summed E-state index contributed by atoms with van der Waals surface area (Å²) in [5.41, 5.74) is 2.43. The lowest BCUT2D eigenvalue weighted by Crippen LogP contribution is -2.58. The molecule has 5 nitrogen and oxygen atoms in total. The van der Waals surface area contributed by atoms with Gasteiger partial charge >= 0.3 is 0 Å². The number of hydrogen-bond acceptors (Lipinski definition) is 3. The van der Waals surface area contributed by atoms with Crippen LogP contribution in [0.3, 0.4) is 0 Å². The predicted octanol–water partition coefficient (Wildman–Crippen LogP) is 6.51. The normalized spacial score (nSPS) is 42.0. The van der Waals surface area contributed by atoms with Crippen LogP contribution in [0.15, 0.2) is 30.5 Å². The van der Waals surface area contributed by atoms with Gasteiger partial charge in [-0.3, -0.25) is 4.79 Å². The van der Waals surface area contributed by atoms with Crippen molar-refractivity contribution < 1.29 is 15.0 Å². The molecule has 4 fully saturated rings. The van der Waals surface area contributed by atoms with Crippen molar-refractivity contribution in [2.75, 3.05) is 5.32 Å². The molecule has 37 heavy (non-hydrogen) atoms. The van der Waals surface area contributed by atoms with Gasteiger partial charge in [0.2, 0.25) is 5.91 Å². The molecule has 1 aromatic carbocycles. The monoisotopic (exact) mass is 506 g/mol. The van der Waals surface area contributed by atoms with Gasteiger partial charge in [-0.05, 0) is 128 Å². The zero-order chi connectivity index (χ0) is 25.9. The van der Waals surface area contributed by atoms with Crippen molar-refractivity contribution in [1.82, 2.24) is 4.98 Å². The van der Waals surface area contributed by atoms with Gasteiger partial charge in [-0.15, -0.1) is 0 Å². The first-order chi connectivity index (χ1) is 17.7. The number of carbonyl (C=O) groups excluding carboxylic acids is 1. The molecule has 4 aliphatic carbocycles. The molecule has 1 amide bonds. The Bertz CT molecular complexity index is 1140. The maximum absolute atomic E-state index is 12.8. The summed E-state index contributed by atoms with van der Waals surface area (Å²) in [5.74, 6) is 3.25. The van der Waals surface area contributed by atoms with Crippen LogP contribution in [0.4, 0.5) is 5.69 Å². The van der Waals surface area contributed by atoms with E-state index in [1.807, 2.05) is 30.5 Å². The average Bonchev–Trinajstić information content (AvgIpc) is 3.47. The number of fused-ring (bicyclic) bond motifs is 6. The van der Waals surface area contributed by atoms with Gasteiger partial charge in [0.1, 0.15) is 0 Å². The van der Waals surface area contributed by atoms with E-state index in [0.29, 0.717) is 41.9 Å². The lowest BCUT2D eigenvalue weighted by atomic mass is 9.43. The second-order valence-corrected chi connectivity index (χ2v) is 13.8. The largest absolute Gasteiger partial charge is 0.393 e. The fourth-order valence-corrected chi connectivity index (χ4v) is 10.1. The molecule has 0 spiro atoms. The maximum atomic E-state index is 12.8. The molecule has 5 heteroatoms. The molecule has 1 aromatic heterocycles. The zero-order valence-electron chi connectivity index (χ0n) is 22.9. The molecule has 0 radical (unpaired) electrons. The Hall–Kier alpha value is -1.85. The summed E-state index contributed by atoms with van der Waals surface area (Å²) in [6.45, 7) is 7.36. The van der Waals surface area contributed by atoms with Crippen LogP contribution in [-0.2, 0) is 4.79 Å². The molecule has 1 heterocycles. The van der Waals surface area contributed by atoms with Crippen LogP contribution in [0.25, 0.3) is 10.9 Å². The van der Waals surface area contributed by atoms with Crippen LogP contribution in [-0.4, -0.2) is 33.3 Å². The molecule has 10 atom stereocenters. The number of benzene rings is 1. The summed E-state index contributed by atoms with van der Waals surface area (Å²) in [5, 5.41) is 26.0. The van der Waals surface area contributed by atoms with Crippen LogP contribution in [0.5, 0.6) is 0 Å². The number of amides is 1. The molecular weight excluding hydrogens is 460 g/mol. The van der Waals surface area contributed by atoms with Gasteiger partial charge < -0.3 is 20.5 Å². The van der Waals surface area contributed by atoms with Crippen LogP contribution in [0, 0.1) is 46.3 Å². The number of nitrogens with one attached hydrogen (secondary N) is 2. The third-order valence-corrected chi connectivity index (χ3v) is 12.1. The molecule has 4 aliphatic rings. The van der Waals surface area contributed by atoms with Crippen LogP contribution in [0.1, 0.15) is 85.0 Å². The summed E-state index contributed by atoms with van der Waals surface area (Å²) < 4.78 is 0. The van der Waals surface area contributed by atoms with Gasteiger partial charge in [-0.1, -0.05) is 26.8 Å². The van der Waals surface area contributed by atoms with Crippen molar-refractivity contribution in [3.05, 3.63) is 30.5 Å². The van der Waals surface area contributed by atoms with Gasteiger partial charge in [0, 0.05) is 23.8 Å². The highest BCUT2D eigenvalue weighted by atomic mass is 16.3. The standard InChI is InChI=1S/C32H46N2O3/c1-19(4-9-29(37)34-22-6-5-20-12-15-33-27(20)18-22)24-7-8-25-30-26(11-14-32(24,25)3)31(2)13-10-23(35)16-21(31)17-28(30)36/h5-6,12,15,18-19,21,23-26,28,30,33,35-36H,4,7-11,13-14,16-17H2,1-3H3,(H,34,37)/t19-,21+,23-,24-,25+,26+,28+,30+,31+,32-/m1/s1. The fourth-order valence-electron chi connectivity index (χ4n) is 10.1. The number of carbonyl (C=O) groups is 1. The van der Waals surface area contributed by atoms with Crippen molar-refractivity contribution in [3.8, 4) is 0 Å². The number of aliphatic hydroxyl groups excluding tert-OH is 2. The Morgan fingerprint density at radius 2 is 1.84 bits per heavy atom. The van der Waals surface area contributed by atoms with Gasteiger partial charge in [0.25, 0.3) is 0 Å². The molecule has 4 saturated carbocycles. The van der Waals surface area contributed by atoms with E-state index in [1.165, 1.54) is 25.7 Å². The number of aromatic nitrogens is 1. The van der Waals surface area contributed by atoms with Crippen molar-refractivity contribution in [2.45, 2.75) is 97.2 Å². The van der Waals surface area contributed by atoms with E-state index in [9.17, 15) is 15.0 Å². The van der Waals surface area contributed by atoms with E-state index < -0.39 is 0 Å². The van der Waals surface area contributed by atoms with E-state index in [-0.39, 0.29) is 28.9 Å². The summed E-state index contributed by atoms with van der Waals surface area (Å²) in [4.78, 5) is 16.0. The molecule has 0 aliphatic heterocycles. The van der Waals surface area contributed by atoms with Gasteiger partial charge in [-0.2, -0.15) is 0 Å². The predicted molar refractivity (Wildman–Crippen MR) is 148 cm³/mol. The Labute approximate surface area is 221 Å². The second-order valence-electron chi connectivity index (χ2n) is 13.8. The SMILES string of the molecule is C[C@H](CCC(=O)Nc1ccc2cc[nH]c2c1)[C@H]1CC[C@H]2[C@@H]3[C@@H](O)C[C@@H]4C[C@H](O)CC[C@]4(C)[C@H]3CC[C@]12C. The molecule has 4 N–H and O–H groups in total. The molecule has 0 saturated heterocycles. The van der Waals surface area contributed by atoms with Crippen LogP contribution < -0.4 is 5.32 Å². The van der Waals surface area contributed by atoms with Gasteiger partial charge in [0.05, 0.1) is 12.2 Å². The minimum Gasteiger partial charge on any atom is -0.393 e. The van der Waals surface area contributed by atoms with E-state index in [4.69, 9.17) is 0 Å². The maximum Gasteiger partial charge on any atom is 0.224 e. The van der Waals surface area contributed by atoms with Crippen molar-refractivity contribution >= 4 is 22.5 Å². The first kappa shape index (κ1) is 25.4. The summed E-state index contributed by atoms with van der Waals surface area (Å²) in [6.07, 6.45) is 11.7. The second kappa shape index (κ2) is 9.41. The number of hydrogen-bond donors (Lipinski definition) is 4. The van der Waals surface area contributed by atoms with Crippen LogP contribution >= 0.6 is 0 Å². The molecule has 2 aromatic rings. The highest BCUT2D eigenvalue weighted by molar-refractivity contribution is 5.93. The highest BCUT2D eigenvalue weighted by Crippen LogP contribution is 2.68. The highest BCUT2D eigenvalue weighted by Gasteiger charge is 2.62. The number of rotatable bonds is 5. The van der Waals surface area contributed by atoms with Crippen LogP contribution in [0.2, 0.25) is 0 Å². The third kappa shape index (κ3) is 4.25. The number of aliphatic hydroxyl groups is 2. The van der Waals surface area contributed by atoms with E-state index in [2.05, 4.69) is 31.1 Å². The minimum absolute atomic E-state index is 0.0994. The summed E-state index contributed by atoms with van der Waals surface area (Å²) >= 11 is 0. The molecule has 0 bridgehead atoms. The lowest BCUT2D eigenvalue weighted by Gasteiger charge is -2.62. The number of aromatic amines is 1. The van der Waals surface area contributed by atoms with Gasteiger partial charge in [-0.25, -0.2) is 0 Å². The Morgan fingerprint density at radius 3 is 2.68 bits per heavy atom. The van der Waals surface area contributed by atoms with Crippen molar-refractivity contribution in [3.63, 3.8) is 0 Å². The van der Waals surface area contributed by atoms with Gasteiger partial charge in [0.15, 0.2) is 0 Å². The van der Waals surface area contributed by atoms with E-state index in [0.717, 1.165) is 48.7 Å². The first-order valence-corrected chi connectivity index (χ1v) is 14.9. The summed E-state index contributed by atoms with van der Waals surface area (Å²) in [6, 6.07) is 8.06. The van der Waals surface area contributed by atoms with Crippen molar-refractivity contribution in [2.24, 2.45) is 46.3 Å². The number of H-pyrrole nitrogens is 1. The smallest absolute Gasteiger partial charge is 0.224 e. The molecule has 0 unspecified atom stereocenters. The van der Waals surface area contributed by atoms with Crippen molar-refractivity contribution in [1.29, 1.82) is 0 Å². The quantitative estimate of drug-likeness (QED) is 0.373. The first-order valence-electron chi connectivity index (χ1n) is 14.9. The molecule has 202 valence electrons. The molecule has 6 rings (SSSR count). The average molecular weight is 507 g/mol. The Balaban J connectivity index is 1.10. The Kier molecular flexibility index (Phi) is 6.47. The lowest BCUT2D eigenvalue weighted by molar-refractivity contribution is -0.174. The topological polar surface area (TPSA) is 85.4 Å². The fraction of sp³-hybridized carbons (Fsp3) is 0.719. The van der Waals surface area contributed by atoms with E-state index in [1.54, 1.807) is 0 Å². The molecular formula is C32H46N2O3. The van der Waals surface area contributed by atoms with E-state index >= 15 is 0 Å². The summed E-state index contributed by atoms with van der Waals surface area (Å²) in [7, 11) is 0. The minimum atomic E-state index is -0.227. The third-order valence-electron chi connectivity index (χ3n) is 12.1.